The maximum Gasteiger partial charge on any atom is 0.262 e. The molecule has 0 bridgehead atoms. The molecule has 1 heterocycles. The van der Waals surface area contributed by atoms with Crippen molar-refractivity contribution in [1.82, 2.24) is 4.98 Å². The van der Waals surface area contributed by atoms with E-state index in [1.54, 1.807) is 30.3 Å². The SMILES string of the molecule is O=S(=O)(Nc1ccc(-c2nc3cc(NS(=O)(=O)c4cccc(O)c4)ccc3o2)cc1)c1cccc(O)c1. The molecule has 0 radical (unpaired) electrons. The number of rotatable bonds is 7. The monoisotopic (exact) mass is 537 g/mol. The minimum atomic E-state index is -3.93. The molecule has 0 unspecified atom stereocenters. The zero-order chi connectivity index (χ0) is 26.2. The van der Waals surface area contributed by atoms with Crippen LogP contribution in [0, 0.1) is 0 Å². The van der Waals surface area contributed by atoms with Gasteiger partial charge in [-0.2, -0.15) is 0 Å². The first-order valence-electron chi connectivity index (χ1n) is 10.7. The lowest BCUT2D eigenvalue weighted by Gasteiger charge is -2.08. The number of nitrogens with zero attached hydrogens (tertiary/aromatic N) is 1. The summed E-state index contributed by atoms with van der Waals surface area (Å²) in [7, 11) is -7.83. The highest BCUT2D eigenvalue weighted by atomic mass is 32.2. The number of hydrogen-bond acceptors (Lipinski definition) is 8. The van der Waals surface area contributed by atoms with E-state index in [0.717, 1.165) is 12.1 Å². The molecule has 12 heteroatoms. The van der Waals surface area contributed by atoms with Gasteiger partial charge in [-0.15, -0.1) is 0 Å². The average Bonchev–Trinajstić information content (AvgIpc) is 3.27. The Kier molecular flexibility index (Phi) is 5.97. The summed E-state index contributed by atoms with van der Waals surface area (Å²) in [6, 6.07) is 21.6. The maximum absolute atomic E-state index is 12.6. The Bertz CT molecular complexity index is 1830. The summed E-state index contributed by atoms with van der Waals surface area (Å²) in [6.07, 6.45) is 0. The summed E-state index contributed by atoms with van der Waals surface area (Å²) in [6.45, 7) is 0. The number of phenolic OH excluding ortho intramolecular Hbond substituents is 2. The summed E-state index contributed by atoms with van der Waals surface area (Å²) in [4.78, 5) is 4.25. The third kappa shape index (κ3) is 5.20. The van der Waals surface area contributed by atoms with Gasteiger partial charge in [-0.05, 0) is 66.7 Å². The van der Waals surface area contributed by atoms with E-state index < -0.39 is 20.0 Å². The number of anilines is 2. The number of hydrogen-bond donors (Lipinski definition) is 4. The van der Waals surface area contributed by atoms with Crippen molar-refractivity contribution in [2.75, 3.05) is 9.44 Å². The first-order valence-corrected chi connectivity index (χ1v) is 13.7. The predicted molar refractivity (Wildman–Crippen MR) is 137 cm³/mol. The molecule has 37 heavy (non-hydrogen) atoms. The first kappa shape index (κ1) is 24.2. The quantitative estimate of drug-likeness (QED) is 0.236. The molecule has 4 N–H and O–H groups in total. The molecule has 0 aliphatic rings. The molecule has 0 amide bonds. The number of phenols is 2. The fourth-order valence-corrected chi connectivity index (χ4v) is 5.71. The minimum Gasteiger partial charge on any atom is -0.508 e. The van der Waals surface area contributed by atoms with Gasteiger partial charge >= 0.3 is 0 Å². The molecule has 188 valence electrons. The van der Waals surface area contributed by atoms with E-state index in [2.05, 4.69) is 14.4 Å². The molecule has 0 saturated carbocycles. The Balaban J connectivity index is 1.35. The van der Waals surface area contributed by atoms with Crippen LogP contribution < -0.4 is 9.44 Å². The van der Waals surface area contributed by atoms with Gasteiger partial charge in [-0.3, -0.25) is 9.44 Å². The molecule has 10 nitrogen and oxygen atoms in total. The molecule has 5 aromatic rings. The zero-order valence-corrected chi connectivity index (χ0v) is 20.5. The number of aromatic nitrogens is 1. The Labute approximate surface area is 212 Å². The van der Waals surface area contributed by atoms with Gasteiger partial charge < -0.3 is 14.6 Å². The van der Waals surface area contributed by atoms with Crippen molar-refractivity contribution in [3.63, 3.8) is 0 Å². The highest BCUT2D eigenvalue weighted by molar-refractivity contribution is 7.93. The van der Waals surface area contributed by atoms with Crippen molar-refractivity contribution in [3.8, 4) is 23.0 Å². The molecule has 0 fully saturated rings. The van der Waals surface area contributed by atoms with E-state index in [1.165, 1.54) is 48.5 Å². The topological polar surface area (TPSA) is 159 Å². The van der Waals surface area contributed by atoms with Crippen LogP contribution in [-0.2, 0) is 20.0 Å². The van der Waals surface area contributed by atoms with Crippen molar-refractivity contribution in [2.24, 2.45) is 0 Å². The third-order valence-electron chi connectivity index (χ3n) is 5.28. The Morgan fingerprint density at radius 2 is 1.19 bits per heavy atom. The van der Waals surface area contributed by atoms with Crippen LogP contribution in [0.15, 0.2) is 105 Å². The summed E-state index contributed by atoms with van der Waals surface area (Å²) in [5.41, 5.74) is 1.95. The Morgan fingerprint density at radius 3 is 1.76 bits per heavy atom. The van der Waals surface area contributed by atoms with Gasteiger partial charge in [-0.1, -0.05) is 12.1 Å². The fourth-order valence-electron chi connectivity index (χ4n) is 3.52. The summed E-state index contributed by atoms with van der Waals surface area (Å²) in [5.74, 6) is -0.0764. The fraction of sp³-hybridized carbons (Fsp3) is 0. The van der Waals surface area contributed by atoms with E-state index >= 15 is 0 Å². The van der Waals surface area contributed by atoms with Gasteiger partial charge in [0.15, 0.2) is 5.58 Å². The third-order valence-corrected chi connectivity index (χ3v) is 8.04. The van der Waals surface area contributed by atoms with Gasteiger partial charge in [0, 0.05) is 23.4 Å². The molecule has 0 saturated heterocycles. The van der Waals surface area contributed by atoms with E-state index in [9.17, 15) is 27.0 Å². The first-order chi connectivity index (χ1) is 17.6. The summed E-state index contributed by atoms with van der Waals surface area (Å²) in [5, 5.41) is 19.1. The maximum atomic E-state index is 12.6. The van der Waals surface area contributed by atoms with E-state index in [1.807, 2.05) is 0 Å². The van der Waals surface area contributed by atoms with Crippen molar-refractivity contribution in [1.29, 1.82) is 0 Å². The minimum absolute atomic E-state index is 0.0778. The highest BCUT2D eigenvalue weighted by Gasteiger charge is 2.17. The number of nitrogens with one attached hydrogen (secondary N) is 2. The van der Waals surface area contributed by atoms with Crippen molar-refractivity contribution < 1.29 is 31.5 Å². The second kappa shape index (κ2) is 9.15. The molecule has 1 aromatic heterocycles. The van der Waals surface area contributed by atoms with Crippen LogP contribution in [-0.4, -0.2) is 32.0 Å². The molecule has 0 aliphatic carbocycles. The van der Waals surface area contributed by atoms with Crippen LogP contribution in [0.1, 0.15) is 0 Å². The second-order valence-corrected chi connectivity index (χ2v) is 11.3. The lowest BCUT2D eigenvalue weighted by molar-refractivity contribution is 0.473. The van der Waals surface area contributed by atoms with Crippen LogP contribution in [0.5, 0.6) is 11.5 Å². The lowest BCUT2D eigenvalue weighted by atomic mass is 10.2. The van der Waals surface area contributed by atoms with Crippen LogP contribution in [0.3, 0.4) is 0 Å². The van der Waals surface area contributed by atoms with E-state index in [4.69, 9.17) is 4.42 Å². The highest BCUT2D eigenvalue weighted by Crippen LogP contribution is 2.29. The second-order valence-electron chi connectivity index (χ2n) is 7.98. The Morgan fingerprint density at radius 1 is 0.649 bits per heavy atom. The van der Waals surface area contributed by atoms with Gasteiger partial charge in [0.2, 0.25) is 5.89 Å². The van der Waals surface area contributed by atoms with Crippen molar-refractivity contribution in [3.05, 3.63) is 91.0 Å². The van der Waals surface area contributed by atoms with Crippen LogP contribution in [0.25, 0.3) is 22.6 Å². The number of fused-ring (bicyclic) bond motifs is 1. The van der Waals surface area contributed by atoms with Crippen LogP contribution >= 0.6 is 0 Å². The van der Waals surface area contributed by atoms with E-state index in [-0.39, 0.29) is 32.9 Å². The van der Waals surface area contributed by atoms with Crippen molar-refractivity contribution >= 4 is 42.5 Å². The summed E-state index contributed by atoms with van der Waals surface area (Å²) >= 11 is 0. The zero-order valence-electron chi connectivity index (χ0n) is 18.9. The lowest BCUT2D eigenvalue weighted by Crippen LogP contribution is -2.12. The van der Waals surface area contributed by atoms with Gasteiger partial charge in [0.25, 0.3) is 20.0 Å². The molecular weight excluding hydrogens is 518 g/mol. The van der Waals surface area contributed by atoms with Crippen molar-refractivity contribution in [2.45, 2.75) is 9.79 Å². The van der Waals surface area contributed by atoms with Gasteiger partial charge in [-0.25, -0.2) is 21.8 Å². The molecular formula is C25H19N3O7S2. The normalized spacial score (nSPS) is 11.9. The predicted octanol–water partition coefficient (Wildman–Crippen LogP) is 4.51. The van der Waals surface area contributed by atoms with E-state index in [0.29, 0.717) is 22.4 Å². The number of aromatic hydroxyl groups is 2. The van der Waals surface area contributed by atoms with Crippen LogP contribution in [0.4, 0.5) is 11.4 Å². The summed E-state index contributed by atoms with van der Waals surface area (Å²) < 4.78 is 61.0. The molecule has 0 spiro atoms. The number of benzene rings is 4. The standard InChI is InChI=1S/C25H19N3O7S2/c29-19-3-1-5-21(14-19)36(31,32)27-17-9-7-16(8-10-17)25-26-23-13-18(11-12-24(23)35-25)28-37(33,34)22-6-2-4-20(30)15-22/h1-15,27-30H. The smallest absolute Gasteiger partial charge is 0.262 e. The largest absolute Gasteiger partial charge is 0.508 e. The van der Waals surface area contributed by atoms with Gasteiger partial charge in [0.1, 0.15) is 17.0 Å². The van der Waals surface area contributed by atoms with Crippen LogP contribution in [0.2, 0.25) is 0 Å². The average molecular weight is 538 g/mol. The molecule has 0 aliphatic heterocycles. The molecule has 4 aromatic carbocycles. The Hall–Kier alpha value is -4.55. The number of oxazole rings is 1. The number of sulfonamides is 2. The molecule has 0 atom stereocenters. The molecule has 5 rings (SSSR count). The van der Waals surface area contributed by atoms with Gasteiger partial charge in [0.05, 0.1) is 15.5 Å².